The Labute approximate surface area is 113 Å². The van der Waals surface area contributed by atoms with Gasteiger partial charge in [-0.1, -0.05) is 18.2 Å². The fraction of sp³-hybridized carbons (Fsp3) is 0.533. The predicted molar refractivity (Wildman–Crippen MR) is 71.3 cm³/mol. The molecule has 19 heavy (non-hydrogen) atoms. The highest BCUT2D eigenvalue weighted by atomic mass is 16.5. The number of carbonyl (C=O) groups excluding carboxylic acids is 1. The van der Waals surface area contributed by atoms with E-state index in [-0.39, 0.29) is 11.9 Å². The Morgan fingerprint density at radius 3 is 2.89 bits per heavy atom. The summed E-state index contributed by atoms with van der Waals surface area (Å²) in [6.07, 6.45) is 1.68. The molecule has 0 bridgehead atoms. The maximum absolute atomic E-state index is 12.4. The maximum atomic E-state index is 12.4. The van der Waals surface area contributed by atoms with Crippen LogP contribution in [0.4, 0.5) is 0 Å². The van der Waals surface area contributed by atoms with Crippen LogP contribution in [0.5, 0.6) is 5.75 Å². The van der Waals surface area contributed by atoms with Gasteiger partial charge in [-0.2, -0.15) is 0 Å². The summed E-state index contributed by atoms with van der Waals surface area (Å²) in [5.41, 5.74) is 0.559. The van der Waals surface area contributed by atoms with Crippen molar-refractivity contribution in [3.05, 3.63) is 29.8 Å². The molecule has 102 valence electrons. The van der Waals surface area contributed by atoms with E-state index in [1.54, 1.807) is 0 Å². The third kappa shape index (κ3) is 2.00. The summed E-state index contributed by atoms with van der Waals surface area (Å²) >= 11 is 0. The summed E-state index contributed by atoms with van der Waals surface area (Å²) in [4.78, 5) is 12.4. The van der Waals surface area contributed by atoms with Gasteiger partial charge in [0.1, 0.15) is 17.3 Å². The number of hydrogen-bond acceptors (Lipinski definition) is 4. The fourth-order valence-electron chi connectivity index (χ4n) is 3.18. The SMILES string of the molecule is CCOC(=O)C1c2ccccc2OC12CCNCC2. The van der Waals surface area contributed by atoms with Gasteiger partial charge in [0, 0.05) is 18.4 Å². The van der Waals surface area contributed by atoms with Gasteiger partial charge < -0.3 is 14.8 Å². The number of fused-ring (bicyclic) bond motifs is 1. The molecule has 2 heterocycles. The molecule has 2 aliphatic rings. The van der Waals surface area contributed by atoms with Gasteiger partial charge in [-0.25, -0.2) is 0 Å². The lowest BCUT2D eigenvalue weighted by Crippen LogP contribution is -2.50. The van der Waals surface area contributed by atoms with Gasteiger partial charge in [-0.05, 0) is 26.1 Å². The van der Waals surface area contributed by atoms with Crippen LogP contribution in [0, 0.1) is 0 Å². The van der Waals surface area contributed by atoms with Gasteiger partial charge in [-0.3, -0.25) is 4.79 Å². The molecule has 1 aromatic rings. The number of nitrogens with one attached hydrogen (secondary N) is 1. The highest BCUT2D eigenvalue weighted by Crippen LogP contribution is 2.49. The smallest absolute Gasteiger partial charge is 0.317 e. The van der Waals surface area contributed by atoms with Crippen LogP contribution >= 0.6 is 0 Å². The first-order chi connectivity index (χ1) is 9.27. The topological polar surface area (TPSA) is 47.6 Å². The molecule has 3 rings (SSSR count). The van der Waals surface area contributed by atoms with Crippen molar-refractivity contribution in [2.75, 3.05) is 19.7 Å². The monoisotopic (exact) mass is 261 g/mol. The van der Waals surface area contributed by atoms with E-state index >= 15 is 0 Å². The Hall–Kier alpha value is -1.55. The predicted octanol–water partition coefficient (Wildman–Crippen LogP) is 1.85. The van der Waals surface area contributed by atoms with Crippen molar-refractivity contribution in [2.45, 2.75) is 31.3 Å². The summed E-state index contributed by atoms with van der Waals surface area (Å²) in [5.74, 6) is 0.391. The normalized spacial score (nSPS) is 23.7. The number of para-hydroxylation sites is 1. The largest absolute Gasteiger partial charge is 0.486 e. The molecule has 0 amide bonds. The van der Waals surface area contributed by atoms with Crippen molar-refractivity contribution in [3.8, 4) is 5.75 Å². The van der Waals surface area contributed by atoms with Gasteiger partial charge in [-0.15, -0.1) is 0 Å². The molecule has 1 spiro atoms. The Kier molecular flexibility index (Phi) is 3.19. The van der Waals surface area contributed by atoms with E-state index in [0.717, 1.165) is 37.2 Å². The van der Waals surface area contributed by atoms with Crippen LogP contribution in [0.1, 0.15) is 31.2 Å². The number of piperidine rings is 1. The molecule has 1 atom stereocenters. The van der Waals surface area contributed by atoms with Crippen molar-refractivity contribution in [1.82, 2.24) is 5.32 Å². The minimum Gasteiger partial charge on any atom is -0.486 e. The molecule has 0 aromatic heterocycles. The highest BCUT2D eigenvalue weighted by Gasteiger charge is 2.53. The zero-order valence-electron chi connectivity index (χ0n) is 11.1. The Balaban J connectivity index is 1.99. The molecule has 4 nitrogen and oxygen atoms in total. The van der Waals surface area contributed by atoms with Gasteiger partial charge in [0.25, 0.3) is 0 Å². The summed E-state index contributed by atoms with van der Waals surface area (Å²) in [6.45, 7) is 4.01. The zero-order chi connectivity index (χ0) is 13.3. The molecule has 4 heteroatoms. The zero-order valence-corrected chi connectivity index (χ0v) is 11.1. The quantitative estimate of drug-likeness (QED) is 0.825. The van der Waals surface area contributed by atoms with Crippen LogP contribution in [0.15, 0.2) is 24.3 Å². The molecular formula is C15H19NO3. The highest BCUT2D eigenvalue weighted by molar-refractivity contribution is 5.82. The minimum atomic E-state index is -0.415. The fourth-order valence-corrected chi connectivity index (χ4v) is 3.18. The third-order valence-electron chi connectivity index (χ3n) is 4.04. The standard InChI is InChI=1S/C15H19NO3/c1-2-18-14(17)13-11-5-3-4-6-12(11)19-15(13)7-9-16-10-8-15/h3-6,13,16H,2,7-10H2,1H3. The third-order valence-corrected chi connectivity index (χ3v) is 4.04. The first kappa shape index (κ1) is 12.5. The molecule has 1 unspecified atom stereocenters. The number of hydrogen-bond donors (Lipinski definition) is 1. The number of ether oxygens (including phenoxy) is 2. The van der Waals surface area contributed by atoms with Crippen LogP contribution in [-0.2, 0) is 9.53 Å². The van der Waals surface area contributed by atoms with Crippen molar-refractivity contribution in [2.24, 2.45) is 0 Å². The second kappa shape index (κ2) is 4.85. The lowest BCUT2D eigenvalue weighted by molar-refractivity contribution is -0.150. The summed E-state index contributed by atoms with van der Waals surface area (Å²) < 4.78 is 11.4. The van der Waals surface area contributed by atoms with Crippen LogP contribution in [0.2, 0.25) is 0 Å². The lowest BCUT2D eigenvalue weighted by Gasteiger charge is -2.37. The van der Waals surface area contributed by atoms with Crippen molar-refractivity contribution in [1.29, 1.82) is 0 Å². The van der Waals surface area contributed by atoms with E-state index in [1.165, 1.54) is 0 Å². The first-order valence-corrected chi connectivity index (χ1v) is 6.92. The minimum absolute atomic E-state index is 0.158. The second-order valence-electron chi connectivity index (χ2n) is 5.14. The van der Waals surface area contributed by atoms with Crippen LogP contribution in [0.3, 0.4) is 0 Å². The van der Waals surface area contributed by atoms with Crippen molar-refractivity contribution < 1.29 is 14.3 Å². The molecule has 0 radical (unpaired) electrons. The van der Waals surface area contributed by atoms with Crippen molar-refractivity contribution in [3.63, 3.8) is 0 Å². The Bertz CT molecular complexity index is 480. The van der Waals surface area contributed by atoms with E-state index in [2.05, 4.69) is 5.32 Å². The molecule has 1 aromatic carbocycles. The van der Waals surface area contributed by atoms with Crippen molar-refractivity contribution >= 4 is 5.97 Å². The summed E-state index contributed by atoms with van der Waals surface area (Å²) in [6, 6.07) is 7.82. The van der Waals surface area contributed by atoms with Gasteiger partial charge in [0.2, 0.25) is 0 Å². The average Bonchev–Trinajstić information content (AvgIpc) is 2.73. The van der Waals surface area contributed by atoms with E-state index in [0.29, 0.717) is 6.61 Å². The first-order valence-electron chi connectivity index (χ1n) is 6.92. The molecule has 1 N–H and O–H groups in total. The van der Waals surface area contributed by atoms with E-state index in [9.17, 15) is 4.79 Å². The molecule has 2 aliphatic heterocycles. The molecule has 0 aliphatic carbocycles. The van der Waals surface area contributed by atoms with Crippen LogP contribution in [-0.4, -0.2) is 31.3 Å². The molecular weight excluding hydrogens is 242 g/mol. The maximum Gasteiger partial charge on any atom is 0.317 e. The molecule has 1 saturated heterocycles. The van der Waals surface area contributed by atoms with Gasteiger partial charge in [0.05, 0.1) is 6.61 Å². The molecule has 0 saturated carbocycles. The number of rotatable bonds is 2. The van der Waals surface area contributed by atoms with E-state index in [1.807, 2.05) is 31.2 Å². The summed E-state index contributed by atoms with van der Waals surface area (Å²) in [5, 5.41) is 3.32. The molecule has 1 fully saturated rings. The Morgan fingerprint density at radius 1 is 1.42 bits per heavy atom. The van der Waals surface area contributed by atoms with E-state index < -0.39 is 5.60 Å². The summed E-state index contributed by atoms with van der Waals surface area (Å²) in [7, 11) is 0. The average molecular weight is 261 g/mol. The number of carbonyl (C=O) groups is 1. The van der Waals surface area contributed by atoms with Gasteiger partial charge >= 0.3 is 5.97 Å². The lowest BCUT2D eigenvalue weighted by atomic mass is 9.78. The van der Waals surface area contributed by atoms with Crippen LogP contribution < -0.4 is 10.1 Å². The number of benzene rings is 1. The second-order valence-corrected chi connectivity index (χ2v) is 5.14. The van der Waals surface area contributed by atoms with Gasteiger partial charge in [0.15, 0.2) is 0 Å². The van der Waals surface area contributed by atoms with Crippen LogP contribution in [0.25, 0.3) is 0 Å². The Morgan fingerprint density at radius 2 is 2.16 bits per heavy atom. The van der Waals surface area contributed by atoms with E-state index in [4.69, 9.17) is 9.47 Å². The number of esters is 1.